The van der Waals surface area contributed by atoms with E-state index in [0.717, 1.165) is 31.7 Å². The fraction of sp³-hybridized carbons (Fsp3) is 0.556. The molecule has 1 aliphatic rings. The second-order valence-electron chi connectivity index (χ2n) is 5.92. The van der Waals surface area contributed by atoms with E-state index in [9.17, 15) is 9.59 Å². The number of carbonyl (C=O) groups excluding carboxylic acids is 2. The average Bonchev–Trinajstić information content (AvgIpc) is 2.63. The van der Waals surface area contributed by atoms with Crippen molar-refractivity contribution in [1.82, 2.24) is 10.6 Å². The van der Waals surface area contributed by atoms with Crippen LogP contribution < -0.4 is 20.3 Å². The summed E-state index contributed by atoms with van der Waals surface area (Å²) in [5.41, 5.74) is 1.17. The monoisotopic (exact) mass is 349 g/mol. The van der Waals surface area contributed by atoms with Gasteiger partial charge in [-0.15, -0.1) is 0 Å². The molecule has 0 radical (unpaired) electrons. The van der Waals surface area contributed by atoms with Gasteiger partial charge in [0.2, 0.25) is 5.91 Å². The maximum atomic E-state index is 11.9. The van der Waals surface area contributed by atoms with Crippen LogP contribution in [0.4, 0.5) is 10.5 Å². The fourth-order valence-electron chi connectivity index (χ4n) is 2.84. The van der Waals surface area contributed by atoms with Gasteiger partial charge in [0.15, 0.2) is 0 Å². The van der Waals surface area contributed by atoms with Crippen LogP contribution in [0.25, 0.3) is 0 Å². The second-order valence-corrected chi connectivity index (χ2v) is 5.92. The molecule has 1 aromatic rings. The molecule has 1 saturated heterocycles. The van der Waals surface area contributed by atoms with E-state index < -0.39 is 6.09 Å². The normalized spacial score (nSPS) is 14.7. The molecule has 0 unspecified atom stereocenters. The zero-order valence-corrected chi connectivity index (χ0v) is 14.9. The van der Waals surface area contributed by atoms with Crippen LogP contribution in [0, 0.1) is 0 Å². The van der Waals surface area contributed by atoms with Crippen molar-refractivity contribution in [2.45, 2.75) is 32.2 Å². The number of ether oxygens (including phenoxy) is 2. The molecule has 2 N–H and O–H groups in total. The molecule has 1 aromatic carbocycles. The van der Waals surface area contributed by atoms with Crippen LogP contribution in [0.1, 0.15) is 26.2 Å². The van der Waals surface area contributed by atoms with Gasteiger partial charge in [0.1, 0.15) is 5.75 Å². The van der Waals surface area contributed by atoms with Crippen molar-refractivity contribution in [3.8, 4) is 5.75 Å². The first kappa shape index (κ1) is 18.9. The van der Waals surface area contributed by atoms with Gasteiger partial charge in [-0.25, -0.2) is 4.79 Å². The van der Waals surface area contributed by atoms with Crippen molar-refractivity contribution in [3.63, 3.8) is 0 Å². The number of anilines is 1. The van der Waals surface area contributed by atoms with Crippen LogP contribution in [0.3, 0.4) is 0 Å². The van der Waals surface area contributed by atoms with E-state index in [-0.39, 0.29) is 24.9 Å². The number of amides is 2. The zero-order valence-electron chi connectivity index (χ0n) is 14.9. The first-order valence-electron chi connectivity index (χ1n) is 8.71. The smallest absolute Gasteiger partial charge is 0.407 e. The maximum absolute atomic E-state index is 11.9. The van der Waals surface area contributed by atoms with Gasteiger partial charge in [0.25, 0.3) is 0 Å². The Morgan fingerprint density at radius 1 is 1.20 bits per heavy atom. The molecule has 2 rings (SSSR count). The zero-order chi connectivity index (χ0) is 18.1. The second kappa shape index (κ2) is 9.76. The van der Waals surface area contributed by atoms with Gasteiger partial charge in [-0.05, 0) is 44.0 Å². The van der Waals surface area contributed by atoms with Gasteiger partial charge in [-0.1, -0.05) is 0 Å². The third kappa shape index (κ3) is 6.17. The lowest BCUT2D eigenvalue weighted by Crippen LogP contribution is -2.45. The number of alkyl carbamates (subject to hydrolysis) is 1. The molecule has 2 amide bonds. The fourth-order valence-corrected chi connectivity index (χ4v) is 2.84. The van der Waals surface area contributed by atoms with Gasteiger partial charge in [-0.2, -0.15) is 0 Å². The summed E-state index contributed by atoms with van der Waals surface area (Å²) in [4.78, 5) is 25.4. The average molecular weight is 349 g/mol. The Kier molecular flexibility index (Phi) is 7.37. The van der Waals surface area contributed by atoms with E-state index in [2.05, 4.69) is 27.7 Å². The Hall–Kier alpha value is -2.44. The first-order chi connectivity index (χ1) is 12.1. The Bertz CT molecular complexity index is 554. The van der Waals surface area contributed by atoms with Crippen LogP contribution in [-0.2, 0) is 9.53 Å². The van der Waals surface area contributed by atoms with E-state index in [4.69, 9.17) is 9.47 Å². The molecule has 1 aliphatic heterocycles. The molecular formula is C18H27N3O4. The number of benzene rings is 1. The van der Waals surface area contributed by atoms with Crippen molar-refractivity contribution < 1.29 is 19.1 Å². The van der Waals surface area contributed by atoms with Crippen LogP contribution in [-0.4, -0.2) is 51.4 Å². The molecular weight excluding hydrogens is 322 g/mol. The molecule has 0 bridgehead atoms. The van der Waals surface area contributed by atoms with E-state index in [0.29, 0.717) is 6.61 Å². The Balaban J connectivity index is 1.67. The van der Waals surface area contributed by atoms with E-state index in [1.165, 1.54) is 5.69 Å². The summed E-state index contributed by atoms with van der Waals surface area (Å²) >= 11 is 0. The molecule has 0 saturated carbocycles. The third-order valence-corrected chi connectivity index (χ3v) is 4.19. The minimum Gasteiger partial charge on any atom is -0.497 e. The maximum Gasteiger partial charge on any atom is 0.407 e. The number of hydrogen-bond acceptors (Lipinski definition) is 5. The number of piperidine rings is 1. The lowest BCUT2D eigenvalue weighted by Gasteiger charge is -2.34. The van der Waals surface area contributed by atoms with Crippen LogP contribution in [0.5, 0.6) is 5.75 Å². The summed E-state index contributed by atoms with van der Waals surface area (Å²) in [5.74, 6) is 0.807. The SMILES string of the molecule is CCOC(=O)NCCC(=O)NC1CCN(c2ccc(OC)cc2)CC1. The van der Waals surface area contributed by atoms with Crippen LogP contribution in [0.2, 0.25) is 0 Å². The molecule has 7 heteroatoms. The highest BCUT2D eigenvalue weighted by molar-refractivity contribution is 5.77. The van der Waals surface area contributed by atoms with Gasteiger partial charge >= 0.3 is 6.09 Å². The standard InChI is InChI=1S/C18H27N3O4/c1-3-25-18(23)19-11-8-17(22)20-14-9-12-21(13-10-14)15-4-6-16(24-2)7-5-15/h4-7,14H,3,8-13H2,1-2H3,(H,19,23)(H,20,22). The third-order valence-electron chi connectivity index (χ3n) is 4.19. The number of hydrogen-bond donors (Lipinski definition) is 2. The van der Waals surface area contributed by atoms with Gasteiger partial charge in [-0.3, -0.25) is 4.79 Å². The Morgan fingerprint density at radius 3 is 2.48 bits per heavy atom. The summed E-state index contributed by atoms with van der Waals surface area (Å²) in [5, 5.41) is 5.59. The van der Waals surface area contributed by atoms with Crippen molar-refractivity contribution in [1.29, 1.82) is 0 Å². The molecule has 1 fully saturated rings. The molecule has 0 atom stereocenters. The highest BCUT2D eigenvalue weighted by Crippen LogP contribution is 2.22. The number of carbonyl (C=O) groups is 2. The van der Waals surface area contributed by atoms with E-state index in [1.807, 2.05) is 12.1 Å². The van der Waals surface area contributed by atoms with Crippen LogP contribution in [0.15, 0.2) is 24.3 Å². The lowest BCUT2D eigenvalue weighted by molar-refractivity contribution is -0.121. The van der Waals surface area contributed by atoms with Gasteiger partial charge < -0.3 is 25.0 Å². The van der Waals surface area contributed by atoms with E-state index >= 15 is 0 Å². The largest absolute Gasteiger partial charge is 0.497 e. The van der Waals surface area contributed by atoms with Crippen LogP contribution >= 0.6 is 0 Å². The Morgan fingerprint density at radius 2 is 1.88 bits per heavy atom. The minimum atomic E-state index is -0.483. The number of rotatable bonds is 7. The molecule has 25 heavy (non-hydrogen) atoms. The summed E-state index contributed by atoms with van der Waals surface area (Å²) < 4.78 is 9.92. The predicted molar refractivity (Wildman–Crippen MR) is 96.0 cm³/mol. The Labute approximate surface area is 148 Å². The van der Waals surface area contributed by atoms with Crippen molar-refractivity contribution in [2.75, 3.05) is 38.3 Å². The first-order valence-corrected chi connectivity index (χ1v) is 8.71. The predicted octanol–water partition coefficient (Wildman–Crippen LogP) is 1.92. The van der Waals surface area contributed by atoms with Gasteiger partial charge in [0, 0.05) is 37.8 Å². The molecule has 0 aliphatic carbocycles. The molecule has 1 heterocycles. The minimum absolute atomic E-state index is 0.0419. The van der Waals surface area contributed by atoms with Crippen molar-refractivity contribution >= 4 is 17.7 Å². The highest BCUT2D eigenvalue weighted by Gasteiger charge is 2.20. The quantitative estimate of drug-likeness (QED) is 0.786. The molecule has 0 aromatic heterocycles. The lowest BCUT2D eigenvalue weighted by atomic mass is 10.0. The highest BCUT2D eigenvalue weighted by atomic mass is 16.5. The summed E-state index contributed by atoms with van der Waals surface area (Å²) in [7, 11) is 1.66. The van der Waals surface area contributed by atoms with Crippen molar-refractivity contribution in [3.05, 3.63) is 24.3 Å². The van der Waals surface area contributed by atoms with E-state index in [1.54, 1.807) is 14.0 Å². The molecule has 0 spiro atoms. The molecule has 138 valence electrons. The number of methoxy groups -OCH3 is 1. The summed E-state index contributed by atoms with van der Waals surface area (Å²) in [6.45, 7) is 4.15. The molecule has 7 nitrogen and oxygen atoms in total. The summed E-state index contributed by atoms with van der Waals surface area (Å²) in [6.07, 6.45) is 1.59. The topological polar surface area (TPSA) is 79.9 Å². The van der Waals surface area contributed by atoms with Gasteiger partial charge in [0.05, 0.1) is 13.7 Å². The number of nitrogens with one attached hydrogen (secondary N) is 2. The van der Waals surface area contributed by atoms with Crippen molar-refractivity contribution in [2.24, 2.45) is 0 Å². The summed E-state index contributed by atoms with van der Waals surface area (Å²) in [6, 6.07) is 8.21. The number of nitrogens with zero attached hydrogens (tertiary/aromatic N) is 1.